The predicted octanol–water partition coefficient (Wildman–Crippen LogP) is 5.16. The molecule has 0 aliphatic heterocycles. The molecule has 0 aliphatic carbocycles. The average Bonchev–Trinajstić information content (AvgIpc) is 2.67. The largest absolute Gasteiger partial charge is 0.326 e. The molecule has 3 aromatic rings. The molecule has 0 radical (unpaired) electrons. The Labute approximate surface area is 173 Å². The smallest absolute Gasteiger partial charge is 0.313 e. The minimum absolute atomic E-state index is 0.318. The van der Waals surface area contributed by atoms with Crippen molar-refractivity contribution in [1.82, 2.24) is 4.90 Å². The number of carbonyl (C=O) groups is 2. The van der Waals surface area contributed by atoms with Crippen LogP contribution in [0.1, 0.15) is 11.1 Å². The molecule has 6 heteroatoms. The minimum atomic E-state index is -0.745. The number of benzene rings is 3. The zero-order chi connectivity index (χ0) is 19.9. The fourth-order valence-electron chi connectivity index (χ4n) is 2.76. The van der Waals surface area contributed by atoms with Gasteiger partial charge in [0, 0.05) is 28.8 Å². The van der Waals surface area contributed by atoms with Crippen molar-refractivity contribution in [2.24, 2.45) is 0 Å². The molecule has 0 unspecified atom stereocenters. The minimum Gasteiger partial charge on any atom is -0.326 e. The number of carbonyl (C=O) groups excluding carboxylic acids is 2. The summed E-state index contributed by atoms with van der Waals surface area (Å²) in [6, 6.07) is 23.7. The van der Waals surface area contributed by atoms with Crippen LogP contribution in [-0.4, -0.2) is 16.7 Å². The second-order valence-corrected chi connectivity index (χ2v) is 7.12. The van der Waals surface area contributed by atoms with Gasteiger partial charge in [-0.15, -0.1) is 0 Å². The number of nitrogens with one attached hydrogen (secondary N) is 1. The van der Waals surface area contributed by atoms with Crippen molar-refractivity contribution >= 4 is 40.7 Å². The molecule has 3 rings (SSSR count). The molecule has 0 spiro atoms. The third-order valence-corrected chi connectivity index (χ3v) is 4.47. The quantitative estimate of drug-likeness (QED) is 0.588. The van der Waals surface area contributed by atoms with Gasteiger partial charge in [0.25, 0.3) is 0 Å². The molecule has 0 atom stereocenters. The van der Waals surface area contributed by atoms with Crippen molar-refractivity contribution in [3.8, 4) is 0 Å². The summed E-state index contributed by atoms with van der Waals surface area (Å²) in [6.45, 7) is 0.635. The molecular weight excluding hydrogens is 395 g/mol. The highest BCUT2D eigenvalue weighted by atomic mass is 35.5. The van der Waals surface area contributed by atoms with E-state index in [2.05, 4.69) is 5.32 Å². The normalized spacial score (nSPS) is 10.4. The highest BCUT2D eigenvalue weighted by Gasteiger charge is 2.22. The SMILES string of the molecule is O=C(Nc1cc(Cl)cc(Cl)c1)C(=O)N(Cc1ccccc1)Cc1ccccc1. The van der Waals surface area contributed by atoms with Crippen molar-refractivity contribution in [2.45, 2.75) is 13.1 Å². The van der Waals surface area contributed by atoms with E-state index in [0.29, 0.717) is 28.8 Å². The molecule has 1 N–H and O–H groups in total. The van der Waals surface area contributed by atoms with Gasteiger partial charge >= 0.3 is 11.8 Å². The Bertz CT molecular complexity index is 901. The molecule has 28 heavy (non-hydrogen) atoms. The molecule has 0 bridgehead atoms. The van der Waals surface area contributed by atoms with Gasteiger partial charge in [0.15, 0.2) is 0 Å². The Kier molecular flexibility index (Phi) is 6.69. The number of halogens is 2. The molecule has 0 saturated carbocycles. The lowest BCUT2D eigenvalue weighted by molar-refractivity contribution is -0.144. The summed E-state index contributed by atoms with van der Waals surface area (Å²) < 4.78 is 0. The molecule has 3 aromatic carbocycles. The second kappa shape index (κ2) is 9.40. The van der Waals surface area contributed by atoms with Crippen molar-refractivity contribution in [2.75, 3.05) is 5.32 Å². The van der Waals surface area contributed by atoms with E-state index in [4.69, 9.17) is 23.2 Å². The molecule has 0 saturated heterocycles. The summed E-state index contributed by atoms with van der Waals surface area (Å²) in [5, 5.41) is 3.33. The van der Waals surface area contributed by atoms with Crippen LogP contribution in [0.15, 0.2) is 78.9 Å². The Morgan fingerprint density at radius 2 is 1.21 bits per heavy atom. The highest BCUT2D eigenvalue weighted by molar-refractivity contribution is 6.40. The first-order valence-corrected chi connectivity index (χ1v) is 9.41. The van der Waals surface area contributed by atoms with Crippen molar-refractivity contribution in [3.05, 3.63) is 100 Å². The maximum atomic E-state index is 12.9. The predicted molar refractivity (Wildman–Crippen MR) is 112 cm³/mol. The van der Waals surface area contributed by atoms with E-state index >= 15 is 0 Å². The van der Waals surface area contributed by atoms with E-state index in [9.17, 15) is 9.59 Å². The Hall–Kier alpha value is -2.82. The molecule has 2 amide bonds. The third kappa shape index (κ3) is 5.59. The first kappa shape index (κ1) is 19.9. The number of hydrogen-bond acceptors (Lipinski definition) is 2. The third-order valence-electron chi connectivity index (χ3n) is 4.03. The van der Waals surface area contributed by atoms with Gasteiger partial charge in [-0.2, -0.15) is 0 Å². The monoisotopic (exact) mass is 412 g/mol. The average molecular weight is 413 g/mol. The summed E-state index contributed by atoms with van der Waals surface area (Å²) >= 11 is 11.9. The topological polar surface area (TPSA) is 49.4 Å². The Morgan fingerprint density at radius 1 is 0.750 bits per heavy atom. The van der Waals surface area contributed by atoms with Crippen LogP contribution in [0, 0.1) is 0 Å². The second-order valence-electron chi connectivity index (χ2n) is 6.24. The van der Waals surface area contributed by atoms with Crippen LogP contribution in [0.3, 0.4) is 0 Å². The number of nitrogens with zero attached hydrogens (tertiary/aromatic N) is 1. The maximum Gasteiger partial charge on any atom is 0.313 e. The van der Waals surface area contributed by atoms with E-state index in [1.807, 2.05) is 60.7 Å². The van der Waals surface area contributed by atoms with Crippen LogP contribution in [0.25, 0.3) is 0 Å². The summed E-state index contributed by atoms with van der Waals surface area (Å²) in [5.41, 5.74) is 2.24. The van der Waals surface area contributed by atoms with E-state index < -0.39 is 11.8 Å². The van der Waals surface area contributed by atoms with Crippen LogP contribution in [0.5, 0.6) is 0 Å². The Balaban J connectivity index is 1.79. The molecular formula is C22H18Cl2N2O2. The molecule has 0 aromatic heterocycles. The van der Waals surface area contributed by atoms with Crippen LogP contribution >= 0.6 is 23.2 Å². The lowest BCUT2D eigenvalue weighted by atomic mass is 10.1. The fourth-order valence-corrected chi connectivity index (χ4v) is 3.29. The first-order valence-electron chi connectivity index (χ1n) is 8.65. The molecule has 0 aliphatic rings. The van der Waals surface area contributed by atoms with Gasteiger partial charge in [0.2, 0.25) is 0 Å². The van der Waals surface area contributed by atoms with Gasteiger partial charge in [0.1, 0.15) is 0 Å². The van der Waals surface area contributed by atoms with Gasteiger partial charge in [-0.25, -0.2) is 0 Å². The van der Waals surface area contributed by atoms with Crippen molar-refractivity contribution in [3.63, 3.8) is 0 Å². The Morgan fingerprint density at radius 3 is 1.68 bits per heavy atom. The zero-order valence-electron chi connectivity index (χ0n) is 14.9. The molecule has 0 fully saturated rings. The van der Waals surface area contributed by atoms with Gasteiger partial charge in [-0.05, 0) is 29.3 Å². The summed E-state index contributed by atoms with van der Waals surface area (Å²) in [6.07, 6.45) is 0. The standard InChI is InChI=1S/C22H18Cl2N2O2/c23-18-11-19(24)13-20(12-18)25-21(27)22(28)26(14-16-7-3-1-4-8-16)15-17-9-5-2-6-10-17/h1-13H,14-15H2,(H,25,27). The van der Waals surface area contributed by atoms with Crippen molar-refractivity contribution in [1.29, 1.82) is 0 Å². The fraction of sp³-hybridized carbons (Fsp3) is 0.0909. The van der Waals surface area contributed by atoms with Crippen LogP contribution < -0.4 is 5.32 Å². The summed E-state index contributed by atoms with van der Waals surface area (Å²) in [5.74, 6) is -1.38. The van der Waals surface area contributed by atoms with E-state index in [1.54, 1.807) is 6.07 Å². The van der Waals surface area contributed by atoms with E-state index in [0.717, 1.165) is 11.1 Å². The number of rotatable bonds is 5. The van der Waals surface area contributed by atoms with Crippen LogP contribution in [-0.2, 0) is 22.7 Å². The first-order chi connectivity index (χ1) is 13.5. The molecule has 142 valence electrons. The van der Waals surface area contributed by atoms with E-state index in [1.165, 1.54) is 17.0 Å². The zero-order valence-corrected chi connectivity index (χ0v) is 16.5. The lowest BCUT2D eigenvalue weighted by Gasteiger charge is -2.22. The van der Waals surface area contributed by atoms with Gasteiger partial charge in [-0.1, -0.05) is 83.9 Å². The molecule has 0 heterocycles. The van der Waals surface area contributed by atoms with Gasteiger partial charge in [-0.3, -0.25) is 9.59 Å². The molecule has 4 nitrogen and oxygen atoms in total. The van der Waals surface area contributed by atoms with Crippen molar-refractivity contribution < 1.29 is 9.59 Å². The van der Waals surface area contributed by atoms with Crippen LogP contribution in [0.4, 0.5) is 5.69 Å². The maximum absolute atomic E-state index is 12.9. The van der Waals surface area contributed by atoms with Crippen LogP contribution in [0.2, 0.25) is 10.0 Å². The van der Waals surface area contributed by atoms with Gasteiger partial charge in [0.05, 0.1) is 0 Å². The lowest BCUT2D eigenvalue weighted by Crippen LogP contribution is -2.38. The van der Waals surface area contributed by atoms with E-state index in [-0.39, 0.29) is 0 Å². The number of hydrogen-bond donors (Lipinski definition) is 1. The summed E-state index contributed by atoms with van der Waals surface area (Å²) in [4.78, 5) is 26.9. The number of amides is 2. The summed E-state index contributed by atoms with van der Waals surface area (Å²) in [7, 11) is 0. The van der Waals surface area contributed by atoms with Gasteiger partial charge < -0.3 is 10.2 Å². The highest BCUT2D eigenvalue weighted by Crippen LogP contribution is 2.22. The number of anilines is 1.